The summed E-state index contributed by atoms with van der Waals surface area (Å²) < 4.78 is 22.2. The summed E-state index contributed by atoms with van der Waals surface area (Å²) in [5.74, 6) is -0.0169. The Kier molecular flexibility index (Phi) is 5.97. The number of nitrogens with one attached hydrogen (secondary N) is 2. The van der Waals surface area contributed by atoms with Crippen molar-refractivity contribution in [3.63, 3.8) is 0 Å². The van der Waals surface area contributed by atoms with E-state index in [0.717, 1.165) is 9.86 Å². The highest BCUT2D eigenvalue weighted by atomic mass is 79.9. The number of fused-ring (bicyclic) bond motifs is 1. The van der Waals surface area contributed by atoms with Crippen molar-refractivity contribution >= 4 is 38.7 Å². The monoisotopic (exact) mass is 462 g/mol. The lowest BCUT2D eigenvalue weighted by atomic mass is 10.1. The van der Waals surface area contributed by atoms with Gasteiger partial charge in [0, 0.05) is 21.0 Å². The SMILES string of the molecule is COc1cc(C(=O)NNC(=O)c2oc3ccc(Br)cc3c2C)cc(OC)c1OC. The van der Waals surface area contributed by atoms with Crippen molar-refractivity contribution in [3.05, 3.63) is 51.7 Å². The van der Waals surface area contributed by atoms with E-state index in [1.807, 2.05) is 12.1 Å². The molecule has 0 atom stereocenters. The molecule has 9 heteroatoms. The third-order valence-corrected chi connectivity index (χ3v) is 4.81. The van der Waals surface area contributed by atoms with Crippen molar-refractivity contribution < 1.29 is 28.2 Å². The van der Waals surface area contributed by atoms with E-state index in [4.69, 9.17) is 18.6 Å². The van der Waals surface area contributed by atoms with Gasteiger partial charge in [0.2, 0.25) is 5.75 Å². The van der Waals surface area contributed by atoms with Gasteiger partial charge < -0.3 is 18.6 Å². The smallest absolute Gasteiger partial charge is 0.305 e. The fourth-order valence-electron chi connectivity index (χ4n) is 2.86. The van der Waals surface area contributed by atoms with Crippen LogP contribution in [0.2, 0.25) is 0 Å². The van der Waals surface area contributed by atoms with Crippen LogP contribution < -0.4 is 25.1 Å². The molecule has 8 nitrogen and oxygen atoms in total. The maximum atomic E-state index is 12.5. The first-order chi connectivity index (χ1) is 13.9. The van der Waals surface area contributed by atoms with Crippen LogP contribution in [0.25, 0.3) is 11.0 Å². The molecule has 2 amide bonds. The van der Waals surface area contributed by atoms with Crippen LogP contribution in [-0.2, 0) is 0 Å². The zero-order valence-corrected chi connectivity index (χ0v) is 17.8. The Labute approximate surface area is 175 Å². The molecule has 0 radical (unpaired) electrons. The number of aryl methyl sites for hydroxylation is 1. The topological polar surface area (TPSA) is 99.0 Å². The number of hydrazine groups is 1. The van der Waals surface area contributed by atoms with Gasteiger partial charge in [-0.15, -0.1) is 0 Å². The number of rotatable bonds is 5. The molecule has 1 heterocycles. The first-order valence-electron chi connectivity index (χ1n) is 8.49. The van der Waals surface area contributed by atoms with Gasteiger partial charge >= 0.3 is 5.91 Å². The zero-order chi connectivity index (χ0) is 21.1. The molecule has 0 saturated heterocycles. The van der Waals surface area contributed by atoms with Crippen LogP contribution in [0, 0.1) is 6.92 Å². The van der Waals surface area contributed by atoms with E-state index in [0.29, 0.717) is 28.4 Å². The van der Waals surface area contributed by atoms with E-state index < -0.39 is 11.8 Å². The van der Waals surface area contributed by atoms with Crippen LogP contribution in [0.4, 0.5) is 0 Å². The van der Waals surface area contributed by atoms with E-state index in [2.05, 4.69) is 26.8 Å². The average molecular weight is 463 g/mol. The predicted octanol–water partition coefficient (Wildman–Crippen LogP) is 3.60. The molecule has 0 fully saturated rings. The van der Waals surface area contributed by atoms with E-state index in [9.17, 15) is 9.59 Å². The minimum atomic E-state index is -0.574. The maximum absolute atomic E-state index is 12.5. The molecule has 0 aliphatic rings. The summed E-state index contributed by atoms with van der Waals surface area (Å²) in [6.45, 7) is 1.77. The Balaban J connectivity index is 1.79. The van der Waals surface area contributed by atoms with Crippen molar-refractivity contribution in [1.82, 2.24) is 10.9 Å². The maximum Gasteiger partial charge on any atom is 0.305 e. The number of hydrogen-bond acceptors (Lipinski definition) is 6. The molecule has 2 N–H and O–H groups in total. The van der Waals surface area contributed by atoms with Gasteiger partial charge in [-0.05, 0) is 37.3 Å². The summed E-state index contributed by atoms with van der Waals surface area (Å²) in [6.07, 6.45) is 0. The van der Waals surface area contributed by atoms with Gasteiger partial charge in [-0.25, -0.2) is 0 Å². The highest BCUT2D eigenvalue weighted by Gasteiger charge is 2.20. The summed E-state index contributed by atoms with van der Waals surface area (Å²) >= 11 is 3.39. The number of halogens is 1. The van der Waals surface area contributed by atoms with Crippen molar-refractivity contribution in [2.45, 2.75) is 6.92 Å². The second kappa shape index (κ2) is 8.44. The Hall–Kier alpha value is -3.20. The molecule has 0 spiro atoms. The summed E-state index contributed by atoms with van der Waals surface area (Å²) in [4.78, 5) is 25.0. The number of carbonyl (C=O) groups excluding carboxylic acids is 2. The number of furan rings is 1. The fourth-order valence-corrected chi connectivity index (χ4v) is 3.23. The van der Waals surface area contributed by atoms with Gasteiger partial charge in [0.05, 0.1) is 21.3 Å². The first kappa shape index (κ1) is 20.5. The molecule has 152 valence electrons. The lowest BCUT2D eigenvalue weighted by Crippen LogP contribution is -2.41. The van der Waals surface area contributed by atoms with Crippen LogP contribution in [0.15, 0.2) is 39.2 Å². The van der Waals surface area contributed by atoms with Gasteiger partial charge in [0.25, 0.3) is 5.91 Å². The van der Waals surface area contributed by atoms with E-state index in [-0.39, 0.29) is 11.3 Å². The van der Waals surface area contributed by atoms with E-state index >= 15 is 0 Å². The molecule has 29 heavy (non-hydrogen) atoms. The van der Waals surface area contributed by atoms with Crippen molar-refractivity contribution in [2.75, 3.05) is 21.3 Å². The van der Waals surface area contributed by atoms with Crippen LogP contribution in [0.3, 0.4) is 0 Å². The fraction of sp³-hybridized carbons (Fsp3) is 0.200. The van der Waals surface area contributed by atoms with Crippen LogP contribution >= 0.6 is 15.9 Å². The first-order valence-corrected chi connectivity index (χ1v) is 9.28. The average Bonchev–Trinajstić information content (AvgIpc) is 3.06. The number of benzene rings is 2. The summed E-state index contributed by atoms with van der Waals surface area (Å²) in [5, 5.41) is 0.806. The van der Waals surface area contributed by atoms with Crippen LogP contribution in [-0.4, -0.2) is 33.1 Å². The molecule has 0 saturated carbocycles. The standard InChI is InChI=1S/C20H19BrN2O6/c1-10-13-9-12(21)5-6-14(13)29-17(10)20(25)23-22-19(24)11-7-15(26-2)18(28-4)16(8-11)27-3/h5-9H,1-4H3,(H,22,24)(H,23,25). The van der Waals surface area contributed by atoms with E-state index in [1.54, 1.807) is 13.0 Å². The van der Waals surface area contributed by atoms with Crippen molar-refractivity contribution in [1.29, 1.82) is 0 Å². The molecule has 1 aromatic heterocycles. The lowest BCUT2D eigenvalue weighted by Gasteiger charge is -2.14. The Morgan fingerprint density at radius 1 is 0.931 bits per heavy atom. The zero-order valence-electron chi connectivity index (χ0n) is 16.2. The van der Waals surface area contributed by atoms with Crippen LogP contribution in [0.1, 0.15) is 26.5 Å². The van der Waals surface area contributed by atoms with E-state index in [1.165, 1.54) is 33.5 Å². The van der Waals surface area contributed by atoms with Crippen molar-refractivity contribution in [2.24, 2.45) is 0 Å². The molecule has 0 aliphatic heterocycles. The second-order valence-corrected chi connectivity index (χ2v) is 6.93. The van der Waals surface area contributed by atoms with Crippen molar-refractivity contribution in [3.8, 4) is 17.2 Å². The normalized spacial score (nSPS) is 10.5. The Morgan fingerprint density at radius 2 is 1.55 bits per heavy atom. The van der Waals surface area contributed by atoms with Gasteiger partial charge in [-0.3, -0.25) is 20.4 Å². The Bertz CT molecular complexity index is 1070. The summed E-state index contributed by atoms with van der Waals surface area (Å²) in [6, 6.07) is 8.40. The van der Waals surface area contributed by atoms with Gasteiger partial charge in [-0.2, -0.15) is 0 Å². The van der Waals surface area contributed by atoms with Gasteiger partial charge in [0.1, 0.15) is 5.58 Å². The number of methoxy groups -OCH3 is 3. The van der Waals surface area contributed by atoms with Gasteiger partial charge in [-0.1, -0.05) is 15.9 Å². The minimum Gasteiger partial charge on any atom is -0.493 e. The highest BCUT2D eigenvalue weighted by Crippen LogP contribution is 2.38. The molecule has 0 aliphatic carbocycles. The second-order valence-electron chi connectivity index (χ2n) is 6.02. The molecule has 3 aromatic rings. The Morgan fingerprint density at radius 3 is 2.14 bits per heavy atom. The quantitative estimate of drug-likeness (QED) is 0.561. The third-order valence-electron chi connectivity index (χ3n) is 4.32. The number of ether oxygens (including phenoxy) is 3. The third kappa shape index (κ3) is 4.00. The highest BCUT2D eigenvalue weighted by molar-refractivity contribution is 9.10. The van der Waals surface area contributed by atoms with Crippen LogP contribution in [0.5, 0.6) is 17.2 Å². The number of amides is 2. The molecule has 0 unspecified atom stereocenters. The summed E-state index contributed by atoms with van der Waals surface area (Å²) in [7, 11) is 4.36. The molecule has 0 bridgehead atoms. The number of carbonyl (C=O) groups is 2. The molecular weight excluding hydrogens is 444 g/mol. The lowest BCUT2D eigenvalue weighted by molar-refractivity contribution is 0.0831. The molecular formula is C20H19BrN2O6. The number of hydrogen-bond donors (Lipinski definition) is 2. The predicted molar refractivity (Wildman–Crippen MR) is 110 cm³/mol. The molecule has 3 rings (SSSR count). The minimum absolute atomic E-state index is 0.114. The summed E-state index contributed by atoms with van der Waals surface area (Å²) in [5.41, 5.74) is 6.18. The largest absolute Gasteiger partial charge is 0.493 e. The molecule has 2 aromatic carbocycles. The van der Waals surface area contributed by atoms with Gasteiger partial charge in [0.15, 0.2) is 17.3 Å².